The molecule has 1 aliphatic rings. The molecule has 0 fully saturated rings. The molecule has 0 saturated heterocycles. The van der Waals surface area contributed by atoms with E-state index in [0.717, 1.165) is 24.3 Å². The Morgan fingerprint density at radius 1 is 1.15 bits per heavy atom. The minimum Gasteiger partial charge on any atom is -0.483 e. The number of ether oxygens (including phenoxy) is 1. The average molecular weight is 398 g/mol. The zero-order chi connectivity index (χ0) is 18.8. The lowest BCUT2D eigenvalue weighted by molar-refractivity contribution is -0.135. The van der Waals surface area contributed by atoms with Gasteiger partial charge in [0.05, 0.1) is 6.04 Å². The maximum Gasteiger partial charge on any atom is 0.261 e. The van der Waals surface area contributed by atoms with Crippen molar-refractivity contribution in [2.75, 3.05) is 13.2 Å². The van der Waals surface area contributed by atoms with E-state index in [1.54, 1.807) is 22.7 Å². The number of hydrogen-bond donors (Lipinski definition) is 0. The van der Waals surface area contributed by atoms with Gasteiger partial charge in [0.15, 0.2) is 6.61 Å². The third-order valence-corrected chi connectivity index (χ3v) is 6.91. The minimum absolute atomic E-state index is 0.0106. The molecule has 1 aliphatic heterocycles. The molecule has 1 amide bonds. The number of hydrogen-bond acceptors (Lipinski definition) is 4. The number of para-hydroxylation sites is 1. The fraction of sp³-hybridized carbons (Fsp3) is 0.318. The number of benzene rings is 1. The number of carbonyl (C=O) groups is 1. The lowest BCUT2D eigenvalue weighted by Gasteiger charge is -2.35. The molecule has 3 nitrogen and oxygen atoms in total. The van der Waals surface area contributed by atoms with Gasteiger partial charge in [-0.05, 0) is 52.4 Å². The van der Waals surface area contributed by atoms with Gasteiger partial charge in [0.2, 0.25) is 0 Å². The normalized spacial score (nSPS) is 16.4. The molecular formula is C22H23NO2S2. The van der Waals surface area contributed by atoms with Gasteiger partial charge in [0.25, 0.3) is 5.91 Å². The highest BCUT2D eigenvalue weighted by Gasteiger charge is 2.33. The molecule has 0 radical (unpaired) electrons. The van der Waals surface area contributed by atoms with Crippen molar-refractivity contribution >= 4 is 28.6 Å². The van der Waals surface area contributed by atoms with Crippen LogP contribution in [0.3, 0.4) is 0 Å². The SMILES string of the molecule is CC(C)c1ccccc1OCC(=O)N1CCc2sccc2[C@@H]1c1cccs1. The number of fused-ring (bicyclic) bond motifs is 1. The van der Waals surface area contributed by atoms with E-state index >= 15 is 0 Å². The summed E-state index contributed by atoms with van der Waals surface area (Å²) < 4.78 is 5.96. The minimum atomic E-state index is 0.0106. The van der Waals surface area contributed by atoms with Crippen LogP contribution in [-0.4, -0.2) is 24.0 Å². The summed E-state index contributed by atoms with van der Waals surface area (Å²) in [7, 11) is 0. The van der Waals surface area contributed by atoms with E-state index in [-0.39, 0.29) is 18.6 Å². The molecule has 0 saturated carbocycles. The van der Waals surface area contributed by atoms with Crippen LogP contribution in [0.1, 0.15) is 46.7 Å². The van der Waals surface area contributed by atoms with Crippen LogP contribution < -0.4 is 4.74 Å². The van der Waals surface area contributed by atoms with Gasteiger partial charge in [-0.25, -0.2) is 0 Å². The van der Waals surface area contributed by atoms with Crippen molar-refractivity contribution in [1.29, 1.82) is 0 Å². The van der Waals surface area contributed by atoms with Crippen LogP contribution in [0.25, 0.3) is 0 Å². The van der Waals surface area contributed by atoms with Crippen molar-refractivity contribution in [2.24, 2.45) is 0 Å². The van der Waals surface area contributed by atoms with E-state index in [1.165, 1.54) is 15.3 Å². The summed E-state index contributed by atoms with van der Waals surface area (Å²) in [5, 5.41) is 4.21. The van der Waals surface area contributed by atoms with E-state index in [9.17, 15) is 4.79 Å². The van der Waals surface area contributed by atoms with Crippen LogP contribution in [0.4, 0.5) is 0 Å². The van der Waals surface area contributed by atoms with E-state index < -0.39 is 0 Å². The third-order valence-electron chi connectivity index (χ3n) is 4.99. The smallest absolute Gasteiger partial charge is 0.261 e. The summed E-state index contributed by atoms with van der Waals surface area (Å²) >= 11 is 3.50. The number of carbonyl (C=O) groups excluding carboxylic acids is 1. The van der Waals surface area contributed by atoms with Gasteiger partial charge in [-0.1, -0.05) is 38.1 Å². The first-order chi connectivity index (χ1) is 13.1. The zero-order valence-corrected chi connectivity index (χ0v) is 17.2. The van der Waals surface area contributed by atoms with Crippen LogP contribution in [0.15, 0.2) is 53.2 Å². The summed E-state index contributed by atoms with van der Waals surface area (Å²) in [6, 6.07) is 14.3. The molecular weight excluding hydrogens is 374 g/mol. The van der Waals surface area contributed by atoms with E-state index in [2.05, 4.69) is 48.9 Å². The standard InChI is InChI=1S/C22H23NO2S2/c1-15(2)16-6-3-4-7-18(16)25-14-21(24)23-11-9-19-17(10-13-27-19)22(23)20-8-5-12-26-20/h3-8,10,12-13,15,22H,9,11,14H2,1-2H3/t22-/m1/s1. The number of amides is 1. The molecule has 2 aromatic heterocycles. The molecule has 1 atom stereocenters. The Bertz CT molecular complexity index is 914. The molecule has 0 bridgehead atoms. The fourth-order valence-electron chi connectivity index (χ4n) is 3.65. The molecule has 0 unspecified atom stereocenters. The zero-order valence-electron chi connectivity index (χ0n) is 15.6. The lowest BCUT2D eigenvalue weighted by Crippen LogP contribution is -2.42. The van der Waals surface area contributed by atoms with Gasteiger partial charge in [0, 0.05) is 16.3 Å². The molecule has 0 N–H and O–H groups in total. The Morgan fingerprint density at radius 2 is 2.00 bits per heavy atom. The quantitative estimate of drug-likeness (QED) is 0.570. The predicted octanol–water partition coefficient (Wildman–Crippen LogP) is 5.49. The Hall–Kier alpha value is -2.11. The Balaban J connectivity index is 1.55. The molecule has 5 heteroatoms. The highest BCUT2D eigenvalue weighted by molar-refractivity contribution is 7.10. The maximum atomic E-state index is 13.1. The monoisotopic (exact) mass is 397 g/mol. The van der Waals surface area contributed by atoms with Gasteiger partial charge in [-0.2, -0.15) is 0 Å². The van der Waals surface area contributed by atoms with Crippen LogP contribution >= 0.6 is 22.7 Å². The van der Waals surface area contributed by atoms with Crippen molar-refractivity contribution in [3.63, 3.8) is 0 Å². The first kappa shape index (κ1) is 18.3. The number of rotatable bonds is 5. The molecule has 3 heterocycles. The Kier molecular flexibility index (Phi) is 5.32. The first-order valence-corrected chi connectivity index (χ1v) is 11.0. The molecule has 140 valence electrons. The van der Waals surface area contributed by atoms with Gasteiger partial charge < -0.3 is 9.64 Å². The molecule has 27 heavy (non-hydrogen) atoms. The molecule has 4 rings (SSSR count). The van der Waals surface area contributed by atoms with Crippen molar-refractivity contribution in [3.8, 4) is 5.75 Å². The van der Waals surface area contributed by atoms with Gasteiger partial charge in [-0.3, -0.25) is 4.79 Å². The van der Waals surface area contributed by atoms with Crippen LogP contribution in [0, 0.1) is 0 Å². The van der Waals surface area contributed by atoms with Gasteiger partial charge >= 0.3 is 0 Å². The first-order valence-electron chi connectivity index (χ1n) is 9.26. The molecule has 0 aliphatic carbocycles. The van der Waals surface area contributed by atoms with Gasteiger partial charge in [-0.15, -0.1) is 22.7 Å². The summed E-state index contributed by atoms with van der Waals surface area (Å²) in [4.78, 5) is 17.7. The summed E-state index contributed by atoms with van der Waals surface area (Å²) in [6.07, 6.45) is 0.920. The van der Waals surface area contributed by atoms with Crippen LogP contribution in [0.5, 0.6) is 5.75 Å². The average Bonchev–Trinajstić information content (AvgIpc) is 3.37. The summed E-state index contributed by atoms with van der Waals surface area (Å²) in [6.45, 7) is 5.09. The number of thiophene rings is 2. The van der Waals surface area contributed by atoms with Crippen LogP contribution in [0.2, 0.25) is 0 Å². The number of nitrogens with zero attached hydrogens (tertiary/aromatic N) is 1. The van der Waals surface area contributed by atoms with Crippen molar-refractivity contribution < 1.29 is 9.53 Å². The Labute approximate surface area is 168 Å². The largest absolute Gasteiger partial charge is 0.483 e. The van der Waals surface area contributed by atoms with E-state index in [4.69, 9.17) is 4.74 Å². The topological polar surface area (TPSA) is 29.5 Å². The highest BCUT2D eigenvalue weighted by atomic mass is 32.1. The predicted molar refractivity (Wildman–Crippen MR) is 112 cm³/mol. The van der Waals surface area contributed by atoms with Crippen molar-refractivity contribution in [2.45, 2.75) is 32.2 Å². The second kappa shape index (κ2) is 7.87. The summed E-state index contributed by atoms with van der Waals surface area (Å²) in [5.74, 6) is 1.21. The third kappa shape index (κ3) is 3.66. The molecule has 0 spiro atoms. The van der Waals surface area contributed by atoms with Crippen LogP contribution in [-0.2, 0) is 11.2 Å². The lowest BCUT2D eigenvalue weighted by atomic mass is 9.98. The van der Waals surface area contributed by atoms with Crippen molar-refractivity contribution in [3.05, 3.63) is 74.1 Å². The van der Waals surface area contributed by atoms with E-state index in [0.29, 0.717) is 5.92 Å². The summed E-state index contributed by atoms with van der Waals surface area (Å²) in [5.41, 5.74) is 2.41. The fourth-order valence-corrected chi connectivity index (χ4v) is 5.41. The molecule has 1 aromatic carbocycles. The van der Waals surface area contributed by atoms with Gasteiger partial charge in [0.1, 0.15) is 5.75 Å². The van der Waals surface area contributed by atoms with E-state index in [1.807, 2.05) is 23.1 Å². The highest BCUT2D eigenvalue weighted by Crippen LogP contribution is 2.39. The molecule has 3 aromatic rings. The second-order valence-corrected chi connectivity index (χ2v) is 9.02. The maximum absolute atomic E-state index is 13.1. The Morgan fingerprint density at radius 3 is 2.78 bits per heavy atom. The van der Waals surface area contributed by atoms with Crippen molar-refractivity contribution in [1.82, 2.24) is 4.90 Å². The second-order valence-electron chi connectivity index (χ2n) is 7.04.